The second-order valence-electron chi connectivity index (χ2n) is 10.1. The molecule has 0 aliphatic heterocycles. The highest BCUT2D eigenvalue weighted by Gasteiger charge is 2.18. The predicted octanol–water partition coefficient (Wildman–Crippen LogP) is 9.59. The first-order valence-electron chi connectivity index (χ1n) is 13.6. The summed E-state index contributed by atoms with van der Waals surface area (Å²) in [6.45, 7) is 0. The molecule has 0 aliphatic carbocycles. The normalized spacial score (nSPS) is 11.4. The number of nitrogens with zero attached hydrogens (tertiary/aromatic N) is 3. The van der Waals surface area contributed by atoms with Crippen LogP contribution in [0, 0.1) is 0 Å². The van der Waals surface area contributed by atoms with Crippen LogP contribution < -0.4 is 0 Å². The van der Waals surface area contributed by atoms with Crippen molar-refractivity contribution >= 4 is 33.0 Å². The first kappa shape index (κ1) is 23.3. The Bertz CT molecular complexity index is 2140. The molecule has 0 fully saturated rings. The Hall–Kier alpha value is -5.61. The predicted molar refractivity (Wildman–Crippen MR) is 166 cm³/mol. The van der Waals surface area contributed by atoms with Crippen LogP contribution in [0.5, 0.6) is 0 Å². The highest BCUT2D eigenvalue weighted by molar-refractivity contribution is 6.15. The smallest absolute Gasteiger partial charge is 0.162 e. The third-order valence-electron chi connectivity index (χ3n) is 7.48. The van der Waals surface area contributed by atoms with Crippen LogP contribution in [0.15, 0.2) is 144 Å². The second kappa shape index (κ2) is 9.54. The van der Waals surface area contributed by atoms with Gasteiger partial charge in [0.1, 0.15) is 11.1 Å². The van der Waals surface area contributed by atoms with E-state index in [0.717, 1.165) is 72.2 Å². The van der Waals surface area contributed by atoms with Crippen molar-refractivity contribution in [2.75, 3.05) is 0 Å². The van der Waals surface area contributed by atoms with Gasteiger partial charge in [-0.15, -0.1) is 0 Å². The standard InChI is InChI=1S/C37H23N3O/c1-3-12-24(13-4-1)31-23-32(25-14-5-2-6-15-25)40-37(39-31)27-17-11-16-26(22-27)34-28-18-7-9-20-30(28)38-35-29-19-8-10-21-33(29)41-36(34)35/h1-23H. The Kier molecular flexibility index (Phi) is 5.42. The van der Waals surface area contributed by atoms with Crippen LogP contribution in [0.3, 0.4) is 0 Å². The second-order valence-corrected chi connectivity index (χ2v) is 10.1. The Balaban J connectivity index is 1.37. The SMILES string of the molecule is c1ccc(-c2cc(-c3ccccc3)nc(-c3cccc(-c4c5ccccc5nc5c4oc4ccccc45)c3)n2)cc1. The number of hydrogen-bond donors (Lipinski definition) is 0. The number of furan rings is 1. The lowest BCUT2D eigenvalue weighted by Crippen LogP contribution is -1.96. The van der Waals surface area contributed by atoms with Crippen molar-refractivity contribution in [1.82, 2.24) is 15.0 Å². The van der Waals surface area contributed by atoms with E-state index in [2.05, 4.69) is 72.8 Å². The van der Waals surface area contributed by atoms with Crippen molar-refractivity contribution in [3.63, 3.8) is 0 Å². The first-order chi connectivity index (χ1) is 20.3. The van der Waals surface area contributed by atoms with Crippen LogP contribution in [-0.4, -0.2) is 15.0 Å². The largest absolute Gasteiger partial charge is 0.454 e. The van der Waals surface area contributed by atoms with Crippen molar-refractivity contribution in [3.8, 4) is 45.0 Å². The van der Waals surface area contributed by atoms with Gasteiger partial charge < -0.3 is 4.42 Å². The van der Waals surface area contributed by atoms with Gasteiger partial charge in [0.15, 0.2) is 11.4 Å². The van der Waals surface area contributed by atoms with Gasteiger partial charge >= 0.3 is 0 Å². The van der Waals surface area contributed by atoms with Gasteiger partial charge in [-0.25, -0.2) is 15.0 Å². The van der Waals surface area contributed by atoms with Gasteiger partial charge in [-0.2, -0.15) is 0 Å². The molecule has 5 aromatic carbocycles. The number of aromatic nitrogens is 3. The Morgan fingerprint density at radius 2 is 1.02 bits per heavy atom. The molecule has 0 aliphatic rings. The minimum Gasteiger partial charge on any atom is -0.454 e. The molecule has 0 radical (unpaired) electrons. The summed E-state index contributed by atoms with van der Waals surface area (Å²) in [5.74, 6) is 0.672. The van der Waals surface area contributed by atoms with Crippen molar-refractivity contribution < 1.29 is 4.42 Å². The van der Waals surface area contributed by atoms with Crippen molar-refractivity contribution in [2.24, 2.45) is 0 Å². The molecule has 4 nitrogen and oxygen atoms in total. The molecule has 0 bridgehead atoms. The van der Waals surface area contributed by atoms with Gasteiger partial charge in [0.05, 0.1) is 16.9 Å². The fraction of sp³-hybridized carbons (Fsp3) is 0. The van der Waals surface area contributed by atoms with Crippen molar-refractivity contribution in [3.05, 3.63) is 140 Å². The molecule has 0 unspecified atom stereocenters. The fourth-order valence-electron chi connectivity index (χ4n) is 5.53. The van der Waals surface area contributed by atoms with Gasteiger partial charge in [0.2, 0.25) is 0 Å². The number of rotatable bonds is 4. The summed E-state index contributed by atoms with van der Waals surface area (Å²) in [7, 11) is 0. The molecule has 0 saturated carbocycles. The molecule has 192 valence electrons. The molecule has 8 rings (SSSR count). The molecule has 0 N–H and O–H groups in total. The molecule has 0 atom stereocenters. The van der Waals surface area contributed by atoms with Gasteiger partial charge in [-0.05, 0) is 35.9 Å². The zero-order valence-electron chi connectivity index (χ0n) is 22.0. The number of benzene rings is 5. The lowest BCUT2D eigenvalue weighted by atomic mass is 9.97. The van der Waals surface area contributed by atoms with Crippen LogP contribution in [0.1, 0.15) is 0 Å². The maximum absolute atomic E-state index is 6.45. The third kappa shape index (κ3) is 4.05. The molecule has 8 aromatic rings. The highest BCUT2D eigenvalue weighted by atomic mass is 16.3. The van der Waals surface area contributed by atoms with Crippen LogP contribution in [0.2, 0.25) is 0 Å². The number of hydrogen-bond acceptors (Lipinski definition) is 4. The van der Waals surface area contributed by atoms with E-state index in [4.69, 9.17) is 19.4 Å². The summed E-state index contributed by atoms with van der Waals surface area (Å²) in [5, 5.41) is 2.05. The molecule has 0 spiro atoms. The van der Waals surface area contributed by atoms with Crippen molar-refractivity contribution in [1.29, 1.82) is 0 Å². The van der Waals surface area contributed by atoms with E-state index in [1.165, 1.54) is 0 Å². The van der Waals surface area contributed by atoms with E-state index in [1.54, 1.807) is 0 Å². The third-order valence-corrected chi connectivity index (χ3v) is 7.48. The Labute approximate surface area is 236 Å². The topological polar surface area (TPSA) is 51.8 Å². The summed E-state index contributed by atoms with van der Waals surface area (Å²) < 4.78 is 6.45. The summed E-state index contributed by atoms with van der Waals surface area (Å²) in [4.78, 5) is 15.1. The van der Waals surface area contributed by atoms with Crippen LogP contribution >= 0.6 is 0 Å². The fourth-order valence-corrected chi connectivity index (χ4v) is 5.53. The maximum atomic E-state index is 6.45. The van der Waals surface area contributed by atoms with Gasteiger partial charge in [-0.1, -0.05) is 109 Å². The summed E-state index contributed by atoms with van der Waals surface area (Å²) in [6.07, 6.45) is 0. The highest BCUT2D eigenvalue weighted by Crippen LogP contribution is 2.40. The molecule has 3 aromatic heterocycles. The monoisotopic (exact) mass is 525 g/mol. The van der Waals surface area contributed by atoms with E-state index in [-0.39, 0.29) is 0 Å². The molecule has 0 saturated heterocycles. The van der Waals surface area contributed by atoms with E-state index in [1.807, 2.05) is 66.7 Å². The van der Waals surface area contributed by atoms with E-state index >= 15 is 0 Å². The summed E-state index contributed by atoms with van der Waals surface area (Å²) >= 11 is 0. The summed E-state index contributed by atoms with van der Waals surface area (Å²) in [5.41, 5.74) is 10.3. The van der Waals surface area contributed by atoms with Gasteiger partial charge in [-0.3, -0.25) is 0 Å². The first-order valence-corrected chi connectivity index (χ1v) is 13.6. The number of fused-ring (bicyclic) bond motifs is 4. The number of para-hydroxylation sites is 2. The van der Waals surface area contributed by atoms with Crippen LogP contribution in [-0.2, 0) is 0 Å². The maximum Gasteiger partial charge on any atom is 0.162 e. The average molecular weight is 526 g/mol. The average Bonchev–Trinajstić information content (AvgIpc) is 3.42. The molecule has 0 amide bonds. The van der Waals surface area contributed by atoms with Gasteiger partial charge in [0.25, 0.3) is 0 Å². The van der Waals surface area contributed by atoms with E-state index in [0.29, 0.717) is 5.82 Å². The van der Waals surface area contributed by atoms with Crippen molar-refractivity contribution in [2.45, 2.75) is 0 Å². The Morgan fingerprint density at radius 1 is 0.439 bits per heavy atom. The summed E-state index contributed by atoms with van der Waals surface area (Å²) in [6, 6.07) is 47.3. The molecular formula is C37H23N3O. The molecule has 4 heteroatoms. The molecule has 3 heterocycles. The van der Waals surface area contributed by atoms with Gasteiger partial charge in [0, 0.05) is 33.0 Å². The zero-order valence-corrected chi connectivity index (χ0v) is 22.0. The molecule has 41 heavy (non-hydrogen) atoms. The van der Waals surface area contributed by atoms with Crippen LogP contribution in [0.4, 0.5) is 0 Å². The van der Waals surface area contributed by atoms with E-state index in [9.17, 15) is 0 Å². The zero-order chi connectivity index (χ0) is 27.2. The quantitative estimate of drug-likeness (QED) is 0.230. The number of pyridine rings is 1. The lowest BCUT2D eigenvalue weighted by Gasteiger charge is -2.12. The minimum atomic E-state index is 0.672. The van der Waals surface area contributed by atoms with Crippen LogP contribution in [0.25, 0.3) is 78.0 Å². The lowest BCUT2D eigenvalue weighted by molar-refractivity contribution is 0.670. The molecular weight excluding hydrogens is 502 g/mol. The Morgan fingerprint density at radius 3 is 1.76 bits per heavy atom. The van der Waals surface area contributed by atoms with E-state index < -0.39 is 0 Å². The minimum absolute atomic E-state index is 0.672.